The van der Waals surface area contributed by atoms with Crippen molar-refractivity contribution in [2.45, 2.75) is 0 Å². The van der Waals surface area contributed by atoms with E-state index in [-0.39, 0.29) is 11.8 Å². The van der Waals surface area contributed by atoms with Crippen molar-refractivity contribution in [1.82, 2.24) is 0 Å². The zero-order valence-corrected chi connectivity index (χ0v) is 15.8. The Kier molecular flexibility index (Phi) is 5.71. The monoisotopic (exact) mass is 428 g/mol. The SMILES string of the molecule is O=C(Nc1ccc(C(=O)Nc2ccc(Br)cc2Cl)cc1)c1ccccc1. The highest BCUT2D eigenvalue weighted by Gasteiger charge is 2.10. The third-order valence-electron chi connectivity index (χ3n) is 3.62. The van der Waals surface area contributed by atoms with E-state index in [0.717, 1.165) is 4.47 Å². The van der Waals surface area contributed by atoms with Gasteiger partial charge in [-0.1, -0.05) is 45.7 Å². The third kappa shape index (κ3) is 4.50. The molecule has 0 aliphatic rings. The minimum atomic E-state index is -0.282. The van der Waals surface area contributed by atoms with Crippen LogP contribution in [0, 0.1) is 0 Å². The maximum Gasteiger partial charge on any atom is 0.255 e. The molecule has 3 rings (SSSR count). The first-order valence-electron chi connectivity index (χ1n) is 7.76. The zero-order valence-electron chi connectivity index (χ0n) is 13.5. The lowest BCUT2D eigenvalue weighted by molar-refractivity contribution is 0.102. The van der Waals surface area contributed by atoms with Crippen LogP contribution in [0.1, 0.15) is 20.7 Å². The lowest BCUT2D eigenvalue weighted by atomic mass is 10.1. The molecule has 0 heterocycles. The van der Waals surface area contributed by atoms with Gasteiger partial charge in [0.15, 0.2) is 0 Å². The first-order chi connectivity index (χ1) is 12.5. The Balaban J connectivity index is 1.67. The molecule has 3 aromatic carbocycles. The second kappa shape index (κ2) is 8.17. The number of carbonyl (C=O) groups is 2. The Morgan fingerprint density at radius 1 is 0.769 bits per heavy atom. The van der Waals surface area contributed by atoms with Crippen LogP contribution < -0.4 is 10.6 Å². The molecule has 0 spiro atoms. The van der Waals surface area contributed by atoms with Gasteiger partial charge in [0.2, 0.25) is 0 Å². The van der Waals surface area contributed by atoms with Crippen molar-refractivity contribution in [1.29, 1.82) is 0 Å². The number of hydrogen-bond acceptors (Lipinski definition) is 2. The molecule has 130 valence electrons. The summed E-state index contributed by atoms with van der Waals surface area (Å²) in [6.45, 7) is 0. The van der Waals surface area contributed by atoms with Crippen LogP contribution in [0.15, 0.2) is 77.3 Å². The number of nitrogens with one attached hydrogen (secondary N) is 2. The van der Waals surface area contributed by atoms with E-state index >= 15 is 0 Å². The highest BCUT2D eigenvalue weighted by molar-refractivity contribution is 9.10. The van der Waals surface area contributed by atoms with Crippen molar-refractivity contribution >= 4 is 50.7 Å². The summed E-state index contributed by atoms with van der Waals surface area (Å²) in [7, 11) is 0. The van der Waals surface area contributed by atoms with Crippen LogP contribution in [-0.2, 0) is 0 Å². The smallest absolute Gasteiger partial charge is 0.255 e. The lowest BCUT2D eigenvalue weighted by Gasteiger charge is -2.09. The molecule has 0 aliphatic heterocycles. The molecule has 2 amide bonds. The average molecular weight is 430 g/mol. The van der Waals surface area contributed by atoms with E-state index in [1.165, 1.54) is 0 Å². The van der Waals surface area contributed by atoms with Crippen molar-refractivity contribution < 1.29 is 9.59 Å². The molecule has 6 heteroatoms. The number of amides is 2. The molecule has 0 aliphatic carbocycles. The van der Waals surface area contributed by atoms with Gasteiger partial charge in [-0.3, -0.25) is 9.59 Å². The van der Waals surface area contributed by atoms with E-state index < -0.39 is 0 Å². The van der Waals surface area contributed by atoms with Gasteiger partial charge in [0.25, 0.3) is 11.8 Å². The molecule has 0 fully saturated rings. The van der Waals surface area contributed by atoms with Crippen molar-refractivity contribution in [3.8, 4) is 0 Å². The predicted octanol–water partition coefficient (Wildman–Crippen LogP) is 5.61. The summed E-state index contributed by atoms with van der Waals surface area (Å²) < 4.78 is 0.832. The molecule has 0 bridgehead atoms. The Morgan fingerprint density at radius 3 is 2.04 bits per heavy atom. The van der Waals surface area contributed by atoms with Gasteiger partial charge in [-0.05, 0) is 54.6 Å². The molecule has 26 heavy (non-hydrogen) atoms. The van der Waals surface area contributed by atoms with Crippen LogP contribution in [0.5, 0.6) is 0 Å². The summed E-state index contributed by atoms with van der Waals surface area (Å²) in [5.41, 5.74) is 2.17. The zero-order chi connectivity index (χ0) is 18.5. The first-order valence-corrected chi connectivity index (χ1v) is 8.93. The van der Waals surface area contributed by atoms with E-state index in [4.69, 9.17) is 11.6 Å². The van der Waals surface area contributed by atoms with E-state index in [1.807, 2.05) is 6.07 Å². The fourth-order valence-corrected chi connectivity index (χ4v) is 3.00. The van der Waals surface area contributed by atoms with Gasteiger partial charge in [-0.15, -0.1) is 0 Å². The normalized spacial score (nSPS) is 10.2. The summed E-state index contributed by atoms with van der Waals surface area (Å²) in [5, 5.41) is 6.00. The van der Waals surface area contributed by atoms with Crippen molar-refractivity contribution in [2.75, 3.05) is 10.6 Å². The van der Waals surface area contributed by atoms with Gasteiger partial charge in [-0.2, -0.15) is 0 Å². The van der Waals surface area contributed by atoms with Crippen LogP contribution in [0.25, 0.3) is 0 Å². The topological polar surface area (TPSA) is 58.2 Å². The highest BCUT2D eigenvalue weighted by Crippen LogP contribution is 2.26. The lowest BCUT2D eigenvalue weighted by Crippen LogP contribution is -2.13. The van der Waals surface area contributed by atoms with Crippen LogP contribution in [-0.4, -0.2) is 11.8 Å². The summed E-state index contributed by atoms with van der Waals surface area (Å²) in [6, 6.07) is 20.8. The molecule has 0 radical (unpaired) electrons. The Bertz CT molecular complexity index is 944. The summed E-state index contributed by atoms with van der Waals surface area (Å²) in [4.78, 5) is 24.5. The Morgan fingerprint density at radius 2 is 1.38 bits per heavy atom. The minimum absolute atomic E-state index is 0.204. The van der Waals surface area contributed by atoms with Crippen molar-refractivity contribution in [2.24, 2.45) is 0 Å². The maximum absolute atomic E-state index is 12.3. The van der Waals surface area contributed by atoms with Crippen molar-refractivity contribution in [3.63, 3.8) is 0 Å². The first kappa shape index (κ1) is 18.2. The van der Waals surface area contributed by atoms with E-state index in [9.17, 15) is 9.59 Å². The number of hydrogen-bond donors (Lipinski definition) is 2. The van der Waals surface area contributed by atoms with E-state index in [2.05, 4.69) is 26.6 Å². The van der Waals surface area contributed by atoms with Crippen LogP contribution in [0.4, 0.5) is 11.4 Å². The van der Waals surface area contributed by atoms with Gasteiger partial charge in [0.05, 0.1) is 10.7 Å². The number of carbonyl (C=O) groups excluding carboxylic acids is 2. The molecule has 0 saturated heterocycles. The summed E-state index contributed by atoms with van der Waals surface area (Å²) >= 11 is 9.43. The van der Waals surface area contributed by atoms with E-state index in [1.54, 1.807) is 66.7 Å². The van der Waals surface area contributed by atoms with Gasteiger partial charge < -0.3 is 10.6 Å². The molecule has 0 saturated carbocycles. The van der Waals surface area contributed by atoms with Gasteiger partial charge in [0.1, 0.15) is 0 Å². The maximum atomic E-state index is 12.3. The number of benzene rings is 3. The quantitative estimate of drug-likeness (QED) is 0.566. The largest absolute Gasteiger partial charge is 0.322 e. The van der Waals surface area contributed by atoms with Gasteiger partial charge in [0, 0.05) is 21.3 Å². The molecule has 0 atom stereocenters. The number of rotatable bonds is 4. The highest BCUT2D eigenvalue weighted by atomic mass is 79.9. The standard InChI is InChI=1S/C20H14BrClN2O2/c21-15-8-11-18(17(22)12-15)24-20(26)14-6-9-16(10-7-14)23-19(25)13-4-2-1-3-5-13/h1-12H,(H,23,25)(H,24,26). The molecule has 0 unspecified atom stereocenters. The predicted molar refractivity (Wildman–Crippen MR) is 108 cm³/mol. The van der Waals surface area contributed by atoms with Crippen LogP contribution >= 0.6 is 27.5 Å². The molecular formula is C20H14BrClN2O2. The van der Waals surface area contributed by atoms with Crippen LogP contribution in [0.2, 0.25) is 5.02 Å². The molecule has 4 nitrogen and oxygen atoms in total. The summed E-state index contributed by atoms with van der Waals surface area (Å²) in [6.07, 6.45) is 0. The average Bonchev–Trinajstić information content (AvgIpc) is 2.65. The molecule has 3 aromatic rings. The van der Waals surface area contributed by atoms with Gasteiger partial charge >= 0.3 is 0 Å². The molecule has 2 N–H and O–H groups in total. The second-order valence-corrected chi connectivity index (χ2v) is 6.80. The van der Waals surface area contributed by atoms with E-state index in [0.29, 0.717) is 27.5 Å². The second-order valence-electron chi connectivity index (χ2n) is 5.48. The Hall–Kier alpha value is -2.63. The van der Waals surface area contributed by atoms with Crippen LogP contribution in [0.3, 0.4) is 0 Å². The van der Waals surface area contributed by atoms with Crippen molar-refractivity contribution in [3.05, 3.63) is 93.4 Å². The minimum Gasteiger partial charge on any atom is -0.322 e. The number of halogens is 2. The fraction of sp³-hybridized carbons (Fsp3) is 0. The van der Waals surface area contributed by atoms with Gasteiger partial charge in [-0.25, -0.2) is 0 Å². The number of anilines is 2. The molecule has 0 aromatic heterocycles. The molecular weight excluding hydrogens is 416 g/mol. The Labute approximate surface area is 164 Å². The fourth-order valence-electron chi connectivity index (χ4n) is 2.28. The third-order valence-corrected chi connectivity index (χ3v) is 4.43. The summed E-state index contributed by atoms with van der Waals surface area (Å²) in [5.74, 6) is -0.486.